The molecular formula is C25H35N5O2. The third kappa shape index (κ3) is 4.33. The molecule has 1 aromatic carbocycles. The lowest BCUT2D eigenvalue weighted by atomic mass is 9.75. The van der Waals surface area contributed by atoms with Gasteiger partial charge in [-0.1, -0.05) is 50.3 Å². The molecule has 0 aliphatic carbocycles. The molecule has 2 aromatic rings. The highest BCUT2D eigenvalue weighted by Crippen LogP contribution is 2.38. The van der Waals surface area contributed by atoms with Crippen LogP contribution in [-0.2, 0) is 21.5 Å². The van der Waals surface area contributed by atoms with Crippen LogP contribution in [0.25, 0.3) is 11.3 Å². The van der Waals surface area contributed by atoms with Gasteiger partial charge in [-0.25, -0.2) is 0 Å². The lowest BCUT2D eigenvalue weighted by Crippen LogP contribution is -2.59. The van der Waals surface area contributed by atoms with E-state index in [0.717, 1.165) is 56.8 Å². The summed E-state index contributed by atoms with van der Waals surface area (Å²) in [6.07, 6.45) is 4.25. The first kappa shape index (κ1) is 21.6. The van der Waals surface area contributed by atoms with Crippen LogP contribution in [0.1, 0.15) is 39.2 Å². The molecule has 1 amide bonds. The number of morpholine rings is 1. The van der Waals surface area contributed by atoms with Gasteiger partial charge in [-0.15, -0.1) is 5.10 Å². The molecule has 0 saturated carbocycles. The maximum Gasteiger partial charge on any atom is 0.227 e. The summed E-state index contributed by atoms with van der Waals surface area (Å²) in [6, 6.07) is 9.09. The zero-order chi connectivity index (χ0) is 22.3. The molecule has 7 nitrogen and oxygen atoms in total. The zero-order valence-electron chi connectivity index (χ0n) is 19.5. The summed E-state index contributed by atoms with van der Waals surface area (Å²) in [7, 11) is 0. The molecule has 6 rings (SSSR count). The van der Waals surface area contributed by atoms with Crippen molar-refractivity contribution >= 4 is 5.91 Å². The van der Waals surface area contributed by atoms with Crippen LogP contribution < -0.4 is 0 Å². The molecule has 32 heavy (non-hydrogen) atoms. The van der Waals surface area contributed by atoms with Crippen LogP contribution in [0, 0.1) is 11.8 Å². The normalized spacial score (nSPS) is 28.2. The molecule has 4 atom stereocenters. The summed E-state index contributed by atoms with van der Waals surface area (Å²) in [5.41, 5.74) is 3.49. The predicted molar refractivity (Wildman–Crippen MR) is 123 cm³/mol. The molecule has 4 aliphatic heterocycles. The average Bonchev–Trinajstić information content (AvgIpc) is 3.27. The minimum atomic E-state index is 0.144. The highest BCUT2D eigenvalue weighted by molar-refractivity contribution is 5.79. The van der Waals surface area contributed by atoms with Crippen LogP contribution in [0.15, 0.2) is 30.5 Å². The van der Waals surface area contributed by atoms with Gasteiger partial charge in [-0.05, 0) is 36.3 Å². The molecular weight excluding hydrogens is 402 g/mol. The summed E-state index contributed by atoms with van der Waals surface area (Å²) in [5, 5.41) is 8.85. The van der Waals surface area contributed by atoms with Crippen LogP contribution in [0.3, 0.4) is 0 Å². The number of ether oxygens (including phenoxy) is 1. The second-order valence-corrected chi connectivity index (χ2v) is 10.6. The third-order valence-electron chi connectivity index (χ3n) is 7.50. The molecule has 5 heterocycles. The Kier molecular flexibility index (Phi) is 5.80. The van der Waals surface area contributed by atoms with Gasteiger partial charge in [0.05, 0.1) is 31.9 Å². The van der Waals surface area contributed by atoms with Gasteiger partial charge in [-0.3, -0.25) is 14.4 Å². The smallest absolute Gasteiger partial charge is 0.227 e. The van der Waals surface area contributed by atoms with E-state index in [4.69, 9.17) is 4.74 Å². The Bertz CT molecular complexity index is 942. The Morgan fingerprint density at radius 1 is 1.12 bits per heavy atom. The van der Waals surface area contributed by atoms with E-state index < -0.39 is 0 Å². The van der Waals surface area contributed by atoms with Gasteiger partial charge in [-0.2, -0.15) is 0 Å². The van der Waals surface area contributed by atoms with Crippen molar-refractivity contribution in [2.45, 2.75) is 51.6 Å². The quantitative estimate of drug-likeness (QED) is 0.736. The number of piperidine rings is 3. The molecule has 1 aromatic heterocycles. The van der Waals surface area contributed by atoms with Gasteiger partial charge in [0.1, 0.15) is 5.69 Å². The maximum absolute atomic E-state index is 13.1. The Hall–Kier alpha value is -2.25. The molecule has 4 saturated heterocycles. The van der Waals surface area contributed by atoms with E-state index in [9.17, 15) is 4.79 Å². The molecule has 7 heteroatoms. The Balaban J connectivity index is 1.22. The van der Waals surface area contributed by atoms with Crippen molar-refractivity contribution in [2.24, 2.45) is 11.8 Å². The van der Waals surface area contributed by atoms with Crippen molar-refractivity contribution in [3.8, 4) is 11.3 Å². The second-order valence-electron chi connectivity index (χ2n) is 10.6. The summed E-state index contributed by atoms with van der Waals surface area (Å²) >= 11 is 0. The fraction of sp³-hybridized carbons (Fsp3) is 0.640. The van der Waals surface area contributed by atoms with Crippen molar-refractivity contribution in [1.29, 1.82) is 0 Å². The van der Waals surface area contributed by atoms with Gasteiger partial charge >= 0.3 is 0 Å². The van der Waals surface area contributed by atoms with Crippen LogP contribution in [0.2, 0.25) is 0 Å². The molecule has 4 fully saturated rings. The first-order valence-electron chi connectivity index (χ1n) is 12.0. The number of hydrogen-bond acceptors (Lipinski definition) is 5. The number of fused-ring (bicyclic) bond motifs is 3. The van der Waals surface area contributed by atoms with E-state index in [-0.39, 0.29) is 11.3 Å². The predicted octanol–water partition coefficient (Wildman–Crippen LogP) is 2.81. The molecule has 2 bridgehead atoms. The summed E-state index contributed by atoms with van der Waals surface area (Å²) in [4.78, 5) is 17.6. The van der Waals surface area contributed by atoms with Gasteiger partial charge in [0, 0.05) is 31.2 Å². The number of benzene rings is 1. The van der Waals surface area contributed by atoms with Gasteiger partial charge in [0.15, 0.2) is 0 Å². The molecule has 1 unspecified atom stereocenters. The van der Waals surface area contributed by atoms with Crippen molar-refractivity contribution in [2.75, 3.05) is 39.4 Å². The summed E-state index contributed by atoms with van der Waals surface area (Å²) in [5.74, 6) is 0.960. The third-order valence-corrected chi connectivity index (χ3v) is 7.50. The lowest BCUT2D eigenvalue weighted by molar-refractivity contribution is -0.148. The highest BCUT2D eigenvalue weighted by atomic mass is 16.5. The van der Waals surface area contributed by atoms with Gasteiger partial charge in [0.25, 0.3) is 0 Å². The number of aromatic nitrogens is 3. The fourth-order valence-electron chi connectivity index (χ4n) is 5.50. The minimum absolute atomic E-state index is 0.144. The topological polar surface area (TPSA) is 63.5 Å². The number of nitrogens with zero attached hydrogens (tertiary/aromatic N) is 5. The number of hydrogen-bond donors (Lipinski definition) is 0. The fourth-order valence-corrected chi connectivity index (χ4v) is 5.50. The van der Waals surface area contributed by atoms with E-state index in [1.54, 1.807) is 0 Å². The van der Waals surface area contributed by atoms with E-state index in [0.29, 0.717) is 31.1 Å². The van der Waals surface area contributed by atoms with Crippen LogP contribution in [-0.4, -0.2) is 76.1 Å². The maximum atomic E-state index is 13.1. The monoisotopic (exact) mass is 437 g/mol. The zero-order valence-corrected chi connectivity index (χ0v) is 19.5. The van der Waals surface area contributed by atoms with Crippen molar-refractivity contribution < 1.29 is 9.53 Å². The minimum Gasteiger partial charge on any atom is -0.378 e. The van der Waals surface area contributed by atoms with Gasteiger partial charge < -0.3 is 9.64 Å². The van der Waals surface area contributed by atoms with Crippen LogP contribution in [0.4, 0.5) is 0 Å². The van der Waals surface area contributed by atoms with Crippen molar-refractivity contribution in [1.82, 2.24) is 24.8 Å². The van der Waals surface area contributed by atoms with E-state index >= 15 is 0 Å². The van der Waals surface area contributed by atoms with Crippen LogP contribution >= 0.6 is 0 Å². The number of rotatable bonds is 4. The second kappa shape index (κ2) is 8.60. The Morgan fingerprint density at radius 3 is 2.53 bits per heavy atom. The Morgan fingerprint density at radius 2 is 1.88 bits per heavy atom. The molecule has 0 spiro atoms. The standard InChI is InChI=1S/C25H35N5O2/c1-25(2,3)20-6-4-18(5-7-20)23-17-30(27-26-23)15-21-14-19-8-9-29(21)16-22(19)24(31)28-10-12-32-13-11-28/h4-7,17,19,21-22H,8-16H2,1-3H3/t19-,21+,22-/m0/s1. The number of carbonyl (C=O) groups excluding carboxylic acids is 1. The SMILES string of the molecule is CC(C)(C)c1ccc(-c2cn(C[C@H]3C[C@@H]4CCN3C[C@@H]4C(=O)N3CCOCC3)nn2)cc1. The van der Waals surface area contributed by atoms with Crippen LogP contribution in [0.5, 0.6) is 0 Å². The first-order valence-corrected chi connectivity index (χ1v) is 12.0. The first-order chi connectivity index (χ1) is 15.4. The number of carbonyl (C=O) groups is 1. The van der Waals surface area contributed by atoms with E-state index in [1.165, 1.54) is 5.56 Å². The van der Waals surface area contributed by atoms with E-state index in [2.05, 4.69) is 66.4 Å². The average molecular weight is 438 g/mol. The Labute approximate surface area is 190 Å². The van der Waals surface area contributed by atoms with Gasteiger partial charge in [0.2, 0.25) is 5.91 Å². The molecule has 0 N–H and O–H groups in total. The van der Waals surface area contributed by atoms with Crippen molar-refractivity contribution in [3.05, 3.63) is 36.0 Å². The van der Waals surface area contributed by atoms with Crippen molar-refractivity contribution in [3.63, 3.8) is 0 Å². The lowest BCUT2D eigenvalue weighted by Gasteiger charge is -2.50. The molecule has 0 radical (unpaired) electrons. The summed E-state index contributed by atoms with van der Waals surface area (Å²) in [6.45, 7) is 12.3. The number of amides is 1. The van der Waals surface area contributed by atoms with E-state index in [1.807, 2.05) is 9.58 Å². The molecule has 172 valence electrons. The summed E-state index contributed by atoms with van der Waals surface area (Å²) < 4.78 is 7.40. The largest absolute Gasteiger partial charge is 0.378 e. The highest BCUT2D eigenvalue weighted by Gasteiger charge is 2.44. The molecule has 4 aliphatic rings.